The van der Waals surface area contributed by atoms with Gasteiger partial charge < -0.3 is 9.68 Å². The molecule has 1 aromatic rings. The summed E-state index contributed by atoms with van der Waals surface area (Å²) in [6.45, 7) is 0. The molecule has 0 radical (unpaired) electrons. The normalized spacial score (nSPS) is 17.1. The van der Waals surface area contributed by atoms with Crippen LogP contribution < -0.4 is 5.23 Å². The number of hydrogen-bond donors (Lipinski definition) is 0. The molecule has 0 spiro atoms. The van der Waals surface area contributed by atoms with E-state index >= 15 is 0 Å². The molecule has 3 heteroatoms. The summed E-state index contributed by atoms with van der Waals surface area (Å²) in [7, 11) is 0. The Hall–Kier alpha value is -1.64. The number of hydrogen-bond acceptors (Lipinski definition) is 3. The Bertz CT molecular complexity index is 346. The molecule has 54 valence electrons. The molecule has 0 unspecified atom stereocenters. The third kappa shape index (κ3) is 0.487. The van der Waals surface area contributed by atoms with Crippen LogP contribution in [0.5, 0.6) is 0 Å². The van der Waals surface area contributed by atoms with E-state index in [9.17, 15) is 0 Å². The second kappa shape index (κ2) is 1.50. The molecule has 3 nitrogen and oxygen atoms in total. The molecule has 0 aromatic heterocycles. The van der Waals surface area contributed by atoms with Crippen molar-refractivity contribution < 1.29 is 9.68 Å². The van der Waals surface area contributed by atoms with Crippen molar-refractivity contribution in [3.8, 4) is 0 Å². The fourth-order valence-electron chi connectivity index (χ4n) is 1.29. The van der Waals surface area contributed by atoms with Gasteiger partial charge in [0.15, 0.2) is 6.26 Å². The second-order valence-corrected chi connectivity index (χ2v) is 2.45. The summed E-state index contributed by atoms with van der Waals surface area (Å²) in [5.74, 6) is 0.792. The minimum atomic E-state index is 0.792. The van der Waals surface area contributed by atoms with Crippen LogP contribution in [0.4, 0.5) is 5.69 Å². The number of anilines is 1. The van der Waals surface area contributed by atoms with Crippen LogP contribution in [0.3, 0.4) is 0 Å². The molecule has 0 N–H and O–H groups in total. The van der Waals surface area contributed by atoms with Crippen molar-refractivity contribution in [2.24, 2.45) is 0 Å². The third-order valence-corrected chi connectivity index (χ3v) is 1.80. The average molecular weight is 147 g/mol. The number of benzene rings is 1. The maximum absolute atomic E-state index is 5.21. The molecule has 2 aliphatic heterocycles. The Morgan fingerprint density at radius 3 is 3.00 bits per heavy atom. The minimum absolute atomic E-state index is 0.792. The van der Waals surface area contributed by atoms with E-state index in [-0.39, 0.29) is 0 Å². The first kappa shape index (κ1) is 5.07. The summed E-state index contributed by atoms with van der Waals surface area (Å²) >= 11 is 0. The molecule has 0 atom stereocenters. The van der Waals surface area contributed by atoms with Crippen LogP contribution in [0.15, 0.2) is 30.5 Å². The molecule has 0 amide bonds. The van der Waals surface area contributed by atoms with Gasteiger partial charge in [0.05, 0.1) is 5.56 Å². The van der Waals surface area contributed by atoms with E-state index in [1.807, 2.05) is 24.3 Å². The van der Waals surface area contributed by atoms with Gasteiger partial charge in [0.2, 0.25) is 5.76 Å². The van der Waals surface area contributed by atoms with Crippen molar-refractivity contribution in [3.63, 3.8) is 0 Å². The summed E-state index contributed by atoms with van der Waals surface area (Å²) < 4.78 is 0. The molecule has 3 rings (SSSR count). The quantitative estimate of drug-likeness (QED) is 0.557. The number of fused-ring (bicyclic) bond motifs is 5. The maximum atomic E-state index is 5.21. The van der Waals surface area contributed by atoms with Gasteiger partial charge in [0.25, 0.3) is 0 Å². The third-order valence-electron chi connectivity index (χ3n) is 1.80. The lowest BCUT2D eigenvalue weighted by Crippen LogP contribution is -2.11. The zero-order valence-corrected chi connectivity index (χ0v) is 5.65. The van der Waals surface area contributed by atoms with Crippen LogP contribution in [0, 0.1) is 0 Å². The zero-order chi connectivity index (χ0) is 7.26. The van der Waals surface area contributed by atoms with Gasteiger partial charge in [0.1, 0.15) is 5.69 Å². The van der Waals surface area contributed by atoms with Gasteiger partial charge in [-0.1, -0.05) is 12.1 Å². The molecule has 1 aromatic carbocycles. The highest BCUT2D eigenvalue weighted by molar-refractivity contribution is 5.78. The Labute approximate surface area is 63.4 Å². The first-order valence-electron chi connectivity index (χ1n) is 3.39. The molecule has 0 saturated carbocycles. The van der Waals surface area contributed by atoms with Gasteiger partial charge in [-0.15, -0.1) is 0 Å². The lowest BCUT2D eigenvalue weighted by Gasteiger charge is -2.09. The summed E-state index contributed by atoms with van der Waals surface area (Å²) in [6, 6.07) is 7.89. The van der Waals surface area contributed by atoms with E-state index in [0.717, 1.165) is 17.0 Å². The smallest absolute Gasteiger partial charge is 0.206 e. The maximum Gasteiger partial charge on any atom is 0.206 e. The minimum Gasteiger partial charge on any atom is -0.349 e. The molecule has 2 aliphatic rings. The van der Waals surface area contributed by atoms with E-state index in [1.165, 1.54) is 5.23 Å². The Balaban J connectivity index is 2.33. The van der Waals surface area contributed by atoms with Crippen molar-refractivity contribution in [2.45, 2.75) is 0 Å². The first-order chi connectivity index (χ1) is 5.45. The average Bonchev–Trinajstić information content (AvgIpc) is 2.64. The molecule has 0 aliphatic carbocycles. The SMILES string of the molecule is C1=C2ON(O1)c1ccccc12. The molecular weight excluding hydrogens is 142 g/mol. The van der Waals surface area contributed by atoms with Crippen molar-refractivity contribution in [2.75, 3.05) is 5.23 Å². The highest BCUT2D eigenvalue weighted by Crippen LogP contribution is 2.40. The van der Waals surface area contributed by atoms with Gasteiger partial charge in [-0.3, -0.25) is 0 Å². The van der Waals surface area contributed by atoms with Crippen molar-refractivity contribution in [3.05, 3.63) is 36.1 Å². The lowest BCUT2D eigenvalue weighted by atomic mass is 10.1. The van der Waals surface area contributed by atoms with Gasteiger partial charge in [0, 0.05) is 0 Å². The fraction of sp³-hybridized carbons (Fsp3) is 0. The van der Waals surface area contributed by atoms with Gasteiger partial charge in [-0.25, -0.2) is 0 Å². The molecule has 2 heterocycles. The summed E-state index contributed by atoms with van der Waals surface area (Å²) in [6.07, 6.45) is 1.60. The molecular formula is C8H5NO2. The van der Waals surface area contributed by atoms with E-state index in [4.69, 9.17) is 9.68 Å². The van der Waals surface area contributed by atoms with Gasteiger partial charge >= 0.3 is 0 Å². The first-order valence-corrected chi connectivity index (χ1v) is 3.39. The van der Waals surface area contributed by atoms with E-state index in [1.54, 1.807) is 6.26 Å². The number of nitrogens with zero attached hydrogens (tertiary/aromatic N) is 1. The zero-order valence-electron chi connectivity index (χ0n) is 5.65. The topological polar surface area (TPSA) is 21.7 Å². The molecule has 2 bridgehead atoms. The summed E-state index contributed by atoms with van der Waals surface area (Å²) in [5.41, 5.74) is 2.07. The van der Waals surface area contributed by atoms with E-state index < -0.39 is 0 Å². The monoisotopic (exact) mass is 147 g/mol. The Morgan fingerprint density at radius 1 is 1.18 bits per heavy atom. The number of rotatable bonds is 0. The fourth-order valence-corrected chi connectivity index (χ4v) is 1.29. The summed E-state index contributed by atoms with van der Waals surface area (Å²) in [4.78, 5) is 10.2. The van der Waals surface area contributed by atoms with Crippen molar-refractivity contribution in [1.82, 2.24) is 0 Å². The largest absolute Gasteiger partial charge is 0.349 e. The van der Waals surface area contributed by atoms with Crippen LogP contribution >= 0.6 is 0 Å². The molecule has 0 saturated heterocycles. The van der Waals surface area contributed by atoms with E-state index in [2.05, 4.69) is 0 Å². The highest BCUT2D eigenvalue weighted by Gasteiger charge is 2.32. The number of para-hydroxylation sites is 1. The Morgan fingerprint density at radius 2 is 2.09 bits per heavy atom. The van der Waals surface area contributed by atoms with Gasteiger partial charge in [-0.2, -0.15) is 0 Å². The second-order valence-electron chi connectivity index (χ2n) is 2.45. The molecule has 11 heavy (non-hydrogen) atoms. The van der Waals surface area contributed by atoms with Crippen LogP contribution in [0.25, 0.3) is 5.76 Å². The van der Waals surface area contributed by atoms with Crippen LogP contribution in [0.2, 0.25) is 0 Å². The lowest BCUT2D eigenvalue weighted by molar-refractivity contribution is 0.0612. The van der Waals surface area contributed by atoms with Crippen LogP contribution in [0.1, 0.15) is 5.56 Å². The predicted octanol–water partition coefficient (Wildman–Crippen LogP) is 1.68. The molecule has 0 fully saturated rings. The predicted molar refractivity (Wildman–Crippen MR) is 39.1 cm³/mol. The standard InChI is InChI=1S/C8H5NO2/c1-2-4-7-6(3-1)8-5-10-9(7)11-8/h1-5H. The van der Waals surface area contributed by atoms with Crippen LogP contribution in [-0.2, 0) is 9.68 Å². The van der Waals surface area contributed by atoms with E-state index in [0.29, 0.717) is 0 Å². The Kier molecular flexibility index (Phi) is 0.692. The van der Waals surface area contributed by atoms with Gasteiger partial charge in [-0.05, 0) is 17.4 Å². The van der Waals surface area contributed by atoms with Crippen molar-refractivity contribution in [1.29, 1.82) is 0 Å². The van der Waals surface area contributed by atoms with Crippen LogP contribution in [-0.4, -0.2) is 0 Å². The van der Waals surface area contributed by atoms with Crippen molar-refractivity contribution >= 4 is 11.4 Å². The summed E-state index contributed by atoms with van der Waals surface area (Å²) in [5, 5.41) is 1.41. The highest BCUT2D eigenvalue weighted by atomic mass is 17.0.